The van der Waals surface area contributed by atoms with Crippen LogP contribution >= 0.6 is 0 Å². The predicted octanol–water partition coefficient (Wildman–Crippen LogP) is 13.5. The van der Waals surface area contributed by atoms with E-state index in [1.54, 1.807) is 100 Å². The molecule has 4 saturated heterocycles. The van der Waals surface area contributed by atoms with E-state index in [2.05, 4.69) is 102 Å². The van der Waals surface area contributed by atoms with Crippen molar-refractivity contribution in [2.24, 2.45) is 65.1 Å². The maximum Gasteiger partial charge on any atom is 0.423 e. The Morgan fingerprint density at radius 3 is 1.06 bits per heavy atom. The van der Waals surface area contributed by atoms with Gasteiger partial charge in [-0.25, -0.2) is 9.80 Å². The monoisotopic (exact) mass is 2040 g/mol. The molecular weight excluding hydrogens is 1870 g/mol. The van der Waals surface area contributed by atoms with Gasteiger partial charge in [-0.15, -0.1) is 0 Å². The van der Waals surface area contributed by atoms with Crippen molar-refractivity contribution in [3.8, 4) is 130 Å². The zero-order valence-corrected chi connectivity index (χ0v) is 92.3. The number of carbonyl (C=O) groups excluding carboxylic acids is 11. The number of ether oxygens (including phenoxy) is 5. The van der Waals surface area contributed by atoms with Crippen molar-refractivity contribution in [3.63, 3.8) is 0 Å². The lowest BCUT2D eigenvalue weighted by molar-refractivity contribution is -0.234. The fraction of sp³-hybridized carbons (Fsp3) is 0.703. The Bertz CT molecular complexity index is 4670. The topological polar surface area (TPSA) is 297 Å². The number of Topliss-reactive ketones (excluding diaryl/α,β-unsaturated/α-hetero) is 11. The van der Waals surface area contributed by atoms with Crippen molar-refractivity contribution in [3.05, 3.63) is 0 Å². The lowest BCUT2D eigenvalue weighted by atomic mass is 9.96. The first kappa shape index (κ1) is 143. The molecule has 0 radical (unpaired) electrons. The smallest absolute Gasteiger partial charge is 0.379 e. The first-order valence-corrected chi connectivity index (χ1v) is 48.5. The Labute approximate surface area is 856 Å². The molecule has 0 aromatic rings. The zero-order valence-electron chi connectivity index (χ0n) is 92.3. The summed E-state index contributed by atoms with van der Waals surface area (Å²) in [4.78, 5) is 133. The van der Waals surface area contributed by atoms with Crippen LogP contribution in [0.4, 0.5) is 35.1 Å². The second-order valence-electron chi connectivity index (χ2n) is 39.3. The second kappa shape index (κ2) is 73.5. The van der Waals surface area contributed by atoms with Crippen LogP contribution in [0.25, 0.3) is 0 Å². The molecule has 33 heteroatoms. The van der Waals surface area contributed by atoms with Crippen molar-refractivity contribution in [1.29, 1.82) is 0 Å². The normalized spacial score (nSPS) is 15.7. The summed E-state index contributed by atoms with van der Waals surface area (Å²) in [5, 5.41) is 16.9. The molecule has 6 fully saturated rings. The second-order valence-corrected chi connectivity index (χ2v) is 39.3. The maximum atomic E-state index is 13.5. The number of likely N-dealkylation sites (tertiary alicyclic amines) is 1. The number of halogens is 8. The van der Waals surface area contributed by atoms with Gasteiger partial charge in [-0.3, -0.25) is 72.3 Å². The molecule has 0 bridgehead atoms. The van der Waals surface area contributed by atoms with Crippen LogP contribution in [0.2, 0.25) is 0 Å². The largest absolute Gasteiger partial charge is 0.423 e. The summed E-state index contributed by atoms with van der Waals surface area (Å²) in [6, 6.07) is -6.47. The molecule has 0 spiro atoms. The number of rotatable bonds is 22. The highest BCUT2D eigenvalue weighted by Gasteiger charge is 2.44. The highest BCUT2D eigenvalue weighted by atomic mass is 19.3. The SMILES string of the molecule is CC(C)C(=O)C#CC(C)(C)O.CC(C)C(=O)C#CC(F)(F)N(C)C.CC(C)C(=O)C#CC(F)(F)N1CCOCC1.CC(C)C(=O)C#CC(F)(F)OC1CCC1.CC(C)C(=O)C#CC(O)(F)F.CC(C)C(=O)C#CC1(N(C)C)CC1.CC(C)C(=O)C#CC1(N(C)C)CCCO1.CC(C)C(=O)C#CC1(N(C)C)COC1.CC(C)C(=O)C#CCCN1CCCCC1.CC(C)C(=O)C#CCN(C)C.COCC#CC(=O)C(C)C. The van der Waals surface area contributed by atoms with Gasteiger partial charge in [0, 0.05) is 117 Å². The summed E-state index contributed by atoms with van der Waals surface area (Å²) in [6.07, 6.45) is 3.16. The van der Waals surface area contributed by atoms with Gasteiger partial charge in [0.2, 0.25) is 63.6 Å². The van der Waals surface area contributed by atoms with Crippen molar-refractivity contribution in [1.82, 2.24) is 34.3 Å². The van der Waals surface area contributed by atoms with Crippen molar-refractivity contribution in [2.75, 3.05) is 156 Å². The minimum Gasteiger partial charge on any atom is -0.379 e. The van der Waals surface area contributed by atoms with E-state index >= 15 is 0 Å². The van der Waals surface area contributed by atoms with Crippen molar-refractivity contribution >= 4 is 63.6 Å². The molecule has 0 aromatic heterocycles. The first-order chi connectivity index (χ1) is 66.1. The number of piperidine rings is 1. The summed E-state index contributed by atoms with van der Waals surface area (Å²) in [6.45, 7) is 48.9. The summed E-state index contributed by atoms with van der Waals surface area (Å²) < 4.78 is 126. The van der Waals surface area contributed by atoms with Crippen LogP contribution < -0.4 is 0 Å². The Kier molecular flexibility index (Phi) is 72.9. The van der Waals surface area contributed by atoms with Gasteiger partial charge in [0.1, 0.15) is 17.7 Å². The minimum atomic E-state index is -4.06. The Morgan fingerprint density at radius 1 is 0.389 bits per heavy atom. The number of likely N-dealkylation sites (N-methyl/N-ethyl adjacent to an activating group) is 1. The third-order valence-electron chi connectivity index (χ3n) is 20.2. The molecule has 6 rings (SSSR count). The van der Waals surface area contributed by atoms with Gasteiger partial charge in [-0.05, 0) is 232 Å². The molecule has 4 aliphatic heterocycles. The summed E-state index contributed by atoms with van der Waals surface area (Å²) >= 11 is 0. The van der Waals surface area contributed by atoms with Gasteiger partial charge < -0.3 is 38.8 Å². The number of nitrogens with zero attached hydrogens (tertiary/aromatic N) is 7. The molecule has 144 heavy (non-hydrogen) atoms. The molecule has 2 N–H and O–H groups in total. The van der Waals surface area contributed by atoms with Gasteiger partial charge in [0.15, 0.2) is 5.72 Å². The molecule has 1 atom stereocenters. The minimum absolute atomic E-state index is 0.00174. The molecule has 2 aliphatic carbocycles. The fourth-order valence-electron chi connectivity index (χ4n) is 9.38. The van der Waals surface area contributed by atoms with Gasteiger partial charge in [-0.1, -0.05) is 194 Å². The number of alkyl halides is 8. The molecular formula is C111H165F8N7O18. The average Bonchev–Trinajstić information content (AvgIpc) is 1.61. The first-order valence-electron chi connectivity index (χ1n) is 48.5. The third-order valence-corrected chi connectivity index (χ3v) is 20.2. The molecule has 1 unspecified atom stereocenters. The van der Waals surface area contributed by atoms with Crippen LogP contribution in [0.1, 0.15) is 237 Å². The van der Waals surface area contributed by atoms with Crippen LogP contribution in [0.3, 0.4) is 0 Å². The van der Waals surface area contributed by atoms with Crippen LogP contribution in [-0.4, -0.2) is 317 Å². The average molecular weight is 2040 g/mol. The van der Waals surface area contributed by atoms with Crippen molar-refractivity contribution < 1.29 is 122 Å². The maximum absolute atomic E-state index is 13.5. The highest BCUT2D eigenvalue weighted by molar-refractivity contribution is 6.01. The van der Waals surface area contributed by atoms with Gasteiger partial charge >= 0.3 is 24.3 Å². The summed E-state index contributed by atoms with van der Waals surface area (Å²) in [7, 11) is 19.6. The molecule has 808 valence electrons. The van der Waals surface area contributed by atoms with E-state index in [1.807, 2.05) is 172 Å². The van der Waals surface area contributed by atoms with E-state index in [0.29, 0.717) is 44.1 Å². The quantitative estimate of drug-likeness (QED) is 0.0440. The number of methoxy groups -OCH3 is 1. The van der Waals surface area contributed by atoms with Crippen LogP contribution in [0.5, 0.6) is 0 Å². The number of hydrogen-bond acceptors (Lipinski definition) is 25. The summed E-state index contributed by atoms with van der Waals surface area (Å²) in [5.74, 6) is 48.2. The third kappa shape index (κ3) is 71.0. The lowest BCUT2D eigenvalue weighted by Gasteiger charge is -2.42. The van der Waals surface area contributed by atoms with Crippen molar-refractivity contribution in [2.45, 2.75) is 290 Å². The van der Waals surface area contributed by atoms with Crippen LogP contribution in [0.15, 0.2) is 0 Å². The highest BCUT2D eigenvalue weighted by Crippen LogP contribution is 2.39. The van der Waals surface area contributed by atoms with E-state index in [-0.39, 0.29) is 137 Å². The van der Waals surface area contributed by atoms with Gasteiger partial charge in [-0.2, -0.15) is 35.1 Å². The number of hydrogen-bond donors (Lipinski definition) is 2. The van der Waals surface area contributed by atoms with E-state index in [1.165, 1.54) is 60.3 Å². The fourth-order valence-corrected chi connectivity index (χ4v) is 9.38. The van der Waals surface area contributed by atoms with E-state index < -0.39 is 70.8 Å². The Balaban J connectivity index is -0.000000493. The number of morpholine rings is 1. The molecule has 2 saturated carbocycles. The molecule has 4 heterocycles. The Morgan fingerprint density at radius 2 is 0.743 bits per heavy atom. The van der Waals surface area contributed by atoms with Gasteiger partial charge in [0.25, 0.3) is 0 Å². The van der Waals surface area contributed by atoms with Gasteiger partial charge in [0.05, 0.1) is 51.2 Å². The van der Waals surface area contributed by atoms with E-state index in [9.17, 15) is 87.9 Å². The summed E-state index contributed by atoms with van der Waals surface area (Å²) in [5.41, 5.74) is -1.82. The van der Waals surface area contributed by atoms with Crippen LogP contribution in [-0.2, 0) is 76.4 Å². The van der Waals surface area contributed by atoms with E-state index in [0.717, 1.165) is 62.5 Å². The molecule has 25 nitrogen and oxygen atoms in total. The van der Waals surface area contributed by atoms with Crippen LogP contribution in [0, 0.1) is 195 Å². The molecule has 6 aliphatic rings. The standard InChI is InChI=1S/C13H21NO.C12H19NO2.C11H15F2NO2.C11H14F2O2.C11H17NO2.C11H17NO.C9H13F2NO.C9H15NO.C9H14O2.C8H12O2.C7H8F2O2/c1-12(2)13(15)8-4-7-11-14-9-5-3-6-10-14;1-10(2)11(14)6-8-12(13(3)4)7-5-9-15-12;1-9(2)10(15)3-4-11(12,13)14-5-7-16-8-6-14;1-8(2)10(14)6-7-11(12,13)15-9-4-3-5-9;1-9(2)10(13)5-6-11(12(3)4)7-14-8-11;1-9(2)10(13)5-6-11(7-8-11)12(3)4;1-7(2)8(13)5-6-9(10,11)12(3)4;1-8(2)9(11)6-5-7-10(3)4;1-7(2)8(10)5-6-9(3,4)11;1-7(2)8(9)5-4-6-10-3;1-5(2)6(10)3-4-7(8,9)11/h12H,3,5-7,9-11H2,1-2H3;10H,5,7,9H2,1-4H3;9H,5-8H2,1-2H3;8-9H,3-5H2,1-2H3;9H,7-8H2,1-4H3;9H,7-8H2,1-4H3;7H,1-4H3;8H,7H2,1-4H3;7,11H,1-4H3;7H,6H2,1-3H3;5,11H,1-2H3. The predicted molar refractivity (Wildman–Crippen MR) is 547 cm³/mol. The van der Waals surface area contributed by atoms with E-state index in [4.69, 9.17) is 24.4 Å². The molecule has 0 amide bonds. The number of aliphatic hydroxyl groups is 2. The zero-order chi connectivity index (χ0) is 113. The molecule has 0 aromatic carbocycles. The number of carbonyl (C=O) groups is 11. The number of ketones is 11. The lowest BCUT2D eigenvalue weighted by Crippen LogP contribution is -2.58. The Hall–Kier alpha value is -9.59.